The lowest BCUT2D eigenvalue weighted by Gasteiger charge is -2.16. The van der Waals surface area contributed by atoms with Crippen LogP contribution in [0.5, 0.6) is 57.5 Å². The van der Waals surface area contributed by atoms with E-state index >= 15 is 0 Å². The lowest BCUT2D eigenvalue weighted by atomic mass is 10.1. The summed E-state index contributed by atoms with van der Waals surface area (Å²) in [5, 5.41) is 63.5. The number of phenolic OH excluding ortho intramolecular Hbond substituents is 6. The summed E-state index contributed by atoms with van der Waals surface area (Å²) in [5.74, 6) is -1.35. The number of halogens is 3. The quantitative estimate of drug-likeness (QED) is 0.105. The maximum Gasteiger partial charge on any atom is 0.210 e. The van der Waals surface area contributed by atoms with Crippen LogP contribution in [-0.2, 0) is 25.7 Å². The number of ether oxygens (including phenoxy) is 2. The van der Waals surface area contributed by atoms with Gasteiger partial charge in [-0.1, -0.05) is 53.0 Å². The number of rotatable bonds is 0. The zero-order valence-electron chi connectivity index (χ0n) is 22.3. The van der Waals surface area contributed by atoms with Gasteiger partial charge in [-0.25, -0.2) is 0 Å². The van der Waals surface area contributed by atoms with Crippen molar-refractivity contribution in [3.8, 4) is 57.5 Å². The highest BCUT2D eigenvalue weighted by molar-refractivity contribution is 6.33. The Balaban J connectivity index is 1.60. The molecule has 2 heterocycles. The van der Waals surface area contributed by atoms with Crippen molar-refractivity contribution in [2.24, 2.45) is 0 Å². The molecule has 0 fully saturated rings. The van der Waals surface area contributed by atoms with Crippen LogP contribution in [0.1, 0.15) is 22.3 Å². The number of allylic oxidation sites excluding steroid dienone is 4. The third-order valence-corrected chi connectivity index (χ3v) is 7.72. The lowest BCUT2D eigenvalue weighted by molar-refractivity contribution is 0.375. The Kier molecular flexibility index (Phi) is 8.73. The van der Waals surface area contributed by atoms with Crippen molar-refractivity contribution in [2.75, 3.05) is 0 Å². The molecule has 6 bridgehead atoms. The molecule has 2 aliphatic rings. The standard InChI is InChI=1S/C32H25Cl3O8/c33-19-5-6-21-23(37)7-8-28(30(21)35)42-31-18(12-20(36)14-27(31)41)4-2-1-3-17-13-29(22(34)15-24(17)38)43-32-25(39)10-16(9-19)11-26(32)40/h1-2,5,7-8,10-15,36-41H,3-4,6,9H2/b2-1-,19-5+. The van der Waals surface area contributed by atoms with Crippen LogP contribution in [0, 0.1) is 0 Å². The van der Waals surface area contributed by atoms with Crippen molar-refractivity contribution < 1.29 is 40.1 Å². The maximum atomic E-state index is 10.6. The van der Waals surface area contributed by atoms with Gasteiger partial charge in [0.2, 0.25) is 5.75 Å². The Morgan fingerprint density at radius 1 is 0.581 bits per heavy atom. The lowest BCUT2D eigenvalue weighted by Crippen LogP contribution is -1.96. The SMILES string of the molecule is Oc1cc(O)c2c(c1)C/C=C\Cc1cc(c(Cl)cc1O)Oc1c(O)cc(cc1O)C/C(Cl)=C\Cc1c(O)ccc(c1Cl)O2. The van der Waals surface area contributed by atoms with Gasteiger partial charge >= 0.3 is 0 Å². The van der Waals surface area contributed by atoms with Gasteiger partial charge < -0.3 is 40.1 Å². The van der Waals surface area contributed by atoms with Gasteiger partial charge in [0, 0.05) is 40.3 Å². The van der Waals surface area contributed by atoms with Crippen LogP contribution >= 0.6 is 34.8 Å². The van der Waals surface area contributed by atoms with Gasteiger partial charge in [-0.3, -0.25) is 0 Å². The normalized spacial score (nSPS) is 15.6. The van der Waals surface area contributed by atoms with Gasteiger partial charge in [-0.05, 0) is 61.2 Å². The monoisotopic (exact) mass is 642 g/mol. The average Bonchev–Trinajstić information content (AvgIpc) is 2.92. The predicted octanol–water partition coefficient (Wildman–Crippen LogP) is 8.37. The largest absolute Gasteiger partial charge is 0.508 e. The highest BCUT2D eigenvalue weighted by Crippen LogP contribution is 2.45. The third-order valence-electron chi connectivity index (χ3n) is 6.72. The number of fused-ring (bicyclic) bond motifs is 6. The van der Waals surface area contributed by atoms with Crippen LogP contribution in [0.2, 0.25) is 10.0 Å². The molecule has 2 aliphatic heterocycles. The van der Waals surface area contributed by atoms with Gasteiger partial charge in [0.25, 0.3) is 0 Å². The smallest absolute Gasteiger partial charge is 0.210 e. The summed E-state index contributed by atoms with van der Waals surface area (Å²) in [7, 11) is 0. The molecule has 8 nitrogen and oxygen atoms in total. The second-order valence-corrected chi connectivity index (χ2v) is 11.1. The summed E-state index contributed by atoms with van der Waals surface area (Å²) in [5.41, 5.74) is 1.65. The van der Waals surface area contributed by atoms with Crippen molar-refractivity contribution in [3.05, 3.63) is 104 Å². The van der Waals surface area contributed by atoms with E-state index in [1.807, 2.05) is 0 Å². The minimum absolute atomic E-state index is 0.0516. The van der Waals surface area contributed by atoms with Gasteiger partial charge in [-0.15, -0.1) is 0 Å². The summed E-state index contributed by atoms with van der Waals surface area (Å²) in [6, 6.07) is 11.0. The fourth-order valence-corrected chi connectivity index (χ4v) is 5.30. The Bertz CT molecular complexity index is 1760. The van der Waals surface area contributed by atoms with Gasteiger partial charge in [0.1, 0.15) is 28.7 Å². The molecular formula is C32H25Cl3O8. The second kappa shape index (κ2) is 12.5. The molecule has 0 saturated heterocycles. The zero-order chi connectivity index (χ0) is 30.8. The Morgan fingerprint density at radius 3 is 1.95 bits per heavy atom. The highest BCUT2D eigenvalue weighted by Gasteiger charge is 2.19. The first-order chi connectivity index (χ1) is 20.5. The van der Waals surface area contributed by atoms with Crippen LogP contribution in [0.25, 0.3) is 0 Å². The molecule has 0 radical (unpaired) electrons. The van der Waals surface area contributed by atoms with E-state index in [0.717, 1.165) is 6.07 Å². The molecule has 11 heteroatoms. The zero-order valence-corrected chi connectivity index (χ0v) is 24.6. The molecule has 43 heavy (non-hydrogen) atoms. The molecule has 0 aromatic heterocycles. The minimum Gasteiger partial charge on any atom is -0.508 e. The van der Waals surface area contributed by atoms with E-state index in [-0.39, 0.29) is 93.2 Å². The molecule has 0 saturated carbocycles. The summed E-state index contributed by atoms with van der Waals surface area (Å²) < 4.78 is 11.8. The molecule has 0 unspecified atom stereocenters. The fraction of sp³-hybridized carbons (Fsp3) is 0.125. The first-order valence-corrected chi connectivity index (χ1v) is 14.1. The van der Waals surface area contributed by atoms with E-state index in [0.29, 0.717) is 27.3 Å². The molecule has 0 spiro atoms. The van der Waals surface area contributed by atoms with E-state index in [9.17, 15) is 30.6 Å². The molecule has 0 atom stereocenters. The molecular weight excluding hydrogens is 619 g/mol. The Morgan fingerprint density at radius 2 is 1.23 bits per heavy atom. The van der Waals surface area contributed by atoms with Crippen LogP contribution in [0.15, 0.2) is 71.8 Å². The van der Waals surface area contributed by atoms with E-state index < -0.39 is 0 Å². The molecule has 4 aromatic rings. The Hall–Kier alpha value is -4.37. The van der Waals surface area contributed by atoms with Crippen molar-refractivity contribution in [3.63, 3.8) is 0 Å². The number of aromatic hydroxyl groups is 6. The number of phenols is 6. The van der Waals surface area contributed by atoms with Crippen molar-refractivity contribution in [1.29, 1.82) is 0 Å². The van der Waals surface area contributed by atoms with E-state index in [1.54, 1.807) is 18.2 Å². The van der Waals surface area contributed by atoms with E-state index in [1.165, 1.54) is 42.5 Å². The van der Waals surface area contributed by atoms with Crippen LogP contribution < -0.4 is 9.47 Å². The molecule has 222 valence electrons. The van der Waals surface area contributed by atoms with Crippen molar-refractivity contribution in [1.82, 2.24) is 0 Å². The van der Waals surface area contributed by atoms with Crippen LogP contribution in [-0.4, -0.2) is 30.6 Å². The molecule has 6 N–H and O–H groups in total. The highest BCUT2D eigenvalue weighted by atomic mass is 35.5. The number of hydrogen-bond donors (Lipinski definition) is 6. The van der Waals surface area contributed by atoms with Crippen LogP contribution in [0.4, 0.5) is 0 Å². The maximum absolute atomic E-state index is 10.6. The fourth-order valence-electron chi connectivity index (χ4n) is 4.60. The summed E-state index contributed by atoms with van der Waals surface area (Å²) in [6.45, 7) is 0. The summed E-state index contributed by atoms with van der Waals surface area (Å²) >= 11 is 19.4. The van der Waals surface area contributed by atoms with Gasteiger partial charge in [0.15, 0.2) is 23.0 Å². The summed E-state index contributed by atoms with van der Waals surface area (Å²) in [4.78, 5) is 0. The first kappa shape index (κ1) is 30.1. The third kappa shape index (κ3) is 6.67. The molecule has 0 aliphatic carbocycles. The molecule has 4 aromatic carbocycles. The van der Waals surface area contributed by atoms with E-state index in [4.69, 9.17) is 44.3 Å². The second-order valence-electron chi connectivity index (χ2n) is 9.82. The van der Waals surface area contributed by atoms with Gasteiger partial charge in [0.05, 0.1) is 10.0 Å². The molecule has 0 amide bonds. The number of benzene rings is 4. The van der Waals surface area contributed by atoms with E-state index in [2.05, 4.69) is 0 Å². The van der Waals surface area contributed by atoms with Crippen molar-refractivity contribution in [2.45, 2.75) is 25.7 Å². The Labute approximate surface area is 261 Å². The molecule has 6 rings (SSSR count). The topological polar surface area (TPSA) is 140 Å². The average molecular weight is 644 g/mol. The van der Waals surface area contributed by atoms with Gasteiger partial charge in [-0.2, -0.15) is 0 Å². The first-order valence-electron chi connectivity index (χ1n) is 13.0. The van der Waals surface area contributed by atoms with Crippen molar-refractivity contribution >= 4 is 34.8 Å². The van der Waals surface area contributed by atoms with Crippen LogP contribution in [0.3, 0.4) is 0 Å². The minimum atomic E-state index is -0.358. The predicted molar refractivity (Wildman–Crippen MR) is 164 cm³/mol. The number of hydrogen-bond acceptors (Lipinski definition) is 8. The summed E-state index contributed by atoms with van der Waals surface area (Å²) in [6.07, 6.45) is 5.78.